The van der Waals surface area contributed by atoms with Gasteiger partial charge in [-0.15, -0.1) is 0 Å². The standard InChI is InChI=1S/C37H32N2P2/c1-5-18-32(19-6-1)40(33-20-7-2-8-21-33)29-31-17-15-16-30(39-31)28-38-36-26-13-14-27-37(36)41(34-22-9-3-10-23-34)35-24-11-4-12-25-35/h1-27,38H,28-29H2. The Morgan fingerprint density at radius 3 is 1.46 bits per heavy atom. The fourth-order valence-electron chi connectivity index (χ4n) is 5.01. The van der Waals surface area contributed by atoms with Crippen molar-refractivity contribution in [3.8, 4) is 0 Å². The largest absolute Gasteiger partial charge is 0.379 e. The van der Waals surface area contributed by atoms with Gasteiger partial charge in [0.25, 0.3) is 0 Å². The van der Waals surface area contributed by atoms with Crippen LogP contribution in [-0.4, -0.2) is 4.98 Å². The molecule has 1 N–H and O–H groups in total. The number of anilines is 1. The molecule has 6 aromatic rings. The topological polar surface area (TPSA) is 24.9 Å². The van der Waals surface area contributed by atoms with Crippen LogP contribution in [0.2, 0.25) is 0 Å². The molecule has 0 aliphatic rings. The monoisotopic (exact) mass is 566 g/mol. The molecule has 2 nitrogen and oxygen atoms in total. The summed E-state index contributed by atoms with van der Waals surface area (Å²) in [5.41, 5.74) is 3.35. The molecular formula is C37H32N2P2. The second kappa shape index (κ2) is 13.5. The van der Waals surface area contributed by atoms with E-state index >= 15 is 0 Å². The average molecular weight is 567 g/mol. The minimum atomic E-state index is -0.697. The SMILES string of the molecule is c1ccc(P(Cc2cccc(CNc3ccccc3P(c3ccccc3)c3ccccc3)n2)c2ccccc2)cc1. The smallest absolute Gasteiger partial charge is 0.0598 e. The van der Waals surface area contributed by atoms with E-state index in [0.29, 0.717) is 6.54 Å². The zero-order valence-corrected chi connectivity index (χ0v) is 24.6. The fourth-order valence-corrected chi connectivity index (χ4v) is 9.66. The number of aromatic nitrogens is 1. The number of rotatable bonds is 10. The van der Waals surface area contributed by atoms with E-state index in [1.807, 2.05) is 0 Å². The predicted octanol–water partition coefficient (Wildman–Crippen LogP) is 7.08. The van der Waals surface area contributed by atoms with Crippen LogP contribution in [0.3, 0.4) is 0 Å². The molecule has 6 rings (SSSR count). The lowest BCUT2D eigenvalue weighted by Gasteiger charge is -2.23. The van der Waals surface area contributed by atoms with Gasteiger partial charge in [0.2, 0.25) is 0 Å². The molecule has 200 valence electrons. The second-order valence-corrected chi connectivity index (χ2v) is 14.1. The zero-order valence-electron chi connectivity index (χ0n) is 22.8. The average Bonchev–Trinajstić information content (AvgIpc) is 3.05. The van der Waals surface area contributed by atoms with Crippen molar-refractivity contribution in [1.29, 1.82) is 0 Å². The summed E-state index contributed by atoms with van der Waals surface area (Å²) in [5.74, 6) is 0. The van der Waals surface area contributed by atoms with Gasteiger partial charge >= 0.3 is 0 Å². The highest BCUT2D eigenvalue weighted by atomic mass is 31.1. The molecule has 0 unspecified atom stereocenters. The van der Waals surface area contributed by atoms with Crippen molar-refractivity contribution in [2.75, 3.05) is 5.32 Å². The summed E-state index contributed by atoms with van der Waals surface area (Å²) in [6, 6.07) is 58.6. The van der Waals surface area contributed by atoms with Crippen molar-refractivity contribution in [3.63, 3.8) is 0 Å². The third kappa shape index (κ3) is 6.80. The molecule has 0 saturated carbocycles. The van der Waals surface area contributed by atoms with E-state index in [1.165, 1.54) is 26.5 Å². The molecule has 0 amide bonds. The summed E-state index contributed by atoms with van der Waals surface area (Å²) in [6.45, 7) is 0.673. The van der Waals surface area contributed by atoms with Gasteiger partial charge in [-0.1, -0.05) is 146 Å². The van der Waals surface area contributed by atoms with E-state index < -0.39 is 15.8 Å². The molecular weight excluding hydrogens is 534 g/mol. The Morgan fingerprint density at radius 2 is 0.902 bits per heavy atom. The summed E-state index contributed by atoms with van der Waals surface area (Å²) in [7, 11) is -1.24. The van der Waals surface area contributed by atoms with E-state index in [1.54, 1.807) is 0 Å². The maximum atomic E-state index is 5.13. The predicted molar refractivity (Wildman–Crippen MR) is 179 cm³/mol. The van der Waals surface area contributed by atoms with Gasteiger partial charge in [-0.25, -0.2) is 0 Å². The molecule has 4 heteroatoms. The van der Waals surface area contributed by atoms with E-state index in [4.69, 9.17) is 4.98 Å². The van der Waals surface area contributed by atoms with Crippen LogP contribution in [0, 0.1) is 0 Å². The van der Waals surface area contributed by atoms with Gasteiger partial charge in [-0.2, -0.15) is 0 Å². The highest BCUT2D eigenvalue weighted by molar-refractivity contribution is 7.80. The van der Waals surface area contributed by atoms with E-state index in [9.17, 15) is 0 Å². The van der Waals surface area contributed by atoms with E-state index in [0.717, 1.165) is 23.2 Å². The van der Waals surface area contributed by atoms with Gasteiger partial charge in [-0.05, 0) is 55.3 Å². The van der Waals surface area contributed by atoms with Crippen LogP contribution in [0.25, 0.3) is 0 Å². The van der Waals surface area contributed by atoms with Gasteiger partial charge in [0.1, 0.15) is 0 Å². The lowest BCUT2D eigenvalue weighted by atomic mass is 10.3. The molecule has 0 spiro atoms. The van der Waals surface area contributed by atoms with E-state index in [2.05, 4.69) is 169 Å². The lowest BCUT2D eigenvalue weighted by Crippen LogP contribution is -2.23. The van der Waals surface area contributed by atoms with Crippen molar-refractivity contribution < 1.29 is 0 Å². The summed E-state index contributed by atoms with van der Waals surface area (Å²) in [5, 5.41) is 10.5. The summed E-state index contributed by atoms with van der Waals surface area (Å²) in [4.78, 5) is 5.13. The van der Waals surface area contributed by atoms with Crippen molar-refractivity contribution >= 4 is 48.1 Å². The Morgan fingerprint density at radius 1 is 0.439 bits per heavy atom. The molecule has 0 radical (unpaired) electrons. The van der Waals surface area contributed by atoms with Gasteiger partial charge in [0.15, 0.2) is 0 Å². The number of benzene rings is 5. The van der Waals surface area contributed by atoms with Crippen LogP contribution in [0.4, 0.5) is 5.69 Å². The number of nitrogens with zero attached hydrogens (tertiary/aromatic N) is 1. The lowest BCUT2D eigenvalue weighted by molar-refractivity contribution is 1.01. The van der Waals surface area contributed by atoms with Crippen LogP contribution < -0.4 is 31.8 Å². The van der Waals surface area contributed by atoms with Gasteiger partial charge in [0.05, 0.1) is 12.2 Å². The van der Waals surface area contributed by atoms with Gasteiger partial charge < -0.3 is 5.32 Å². The van der Waals surface area contributed by atoms with Crippen LogP contribution in [0.5, 0.6) is 0 Å². The molecule has 1 heterocycles. The Bertz CT molecular complexity index is 1580. The normalized spacial score (nSPS) is 11.1. The number of hydrogen-bond donors (Lipinski definition) is 1. The van der Waals surface area contributed by atoms with Crippen molar-refractivity contribution in [1.82, 2.24) is 4.98 Å². The molecule has 1 aromatic heterocycles. The van der Waals surface area contributed by atoms with Crippen molar-refractivity contribution in [2.24, 2.45) is 0 Å². The first-order valence-corrected chi connectivity index (χ1v) is 16.8. The molecule has 0 atom stereocenters. The number of nitrogens with one attached hydrogen (secondary N) is 1. The Balaban J connectivity index is 1.25. The molecule has 5 aromatic carbocycles. The number of hydrogen-bond acceptors (Lipinski definition) is 2. The molecule has 0 saturated heterocycles. The second-order valence-electron chi connectivity index (χ2n) is 9.75. The molecule has 0 fully saturated rings. The highest BCUT2D eigenvalue weighted by Gasteiger charge is 2.19. The van der Waals surface area contributed by atoms with Crippen molar-refractivity contribution in [3.05, 3.63) is 175 Å². The van der Waals surface area contributed by atoms with Crippen LogP contribution in [0.15, 0.2) is 164 Å². The first kappa shape index (κ1) is 27.1. The van der Waals surface area contributed by atoms with Crippen LogP contribution in [0.1, 0.15) is 11.4 Å². The first-order chi connectivity index (χ1) is 20.3. The Kier molecular flexibility index (Phi) is 8.93. The Labute approximate surface area is 245 Å². The maximum absolute atomic E-state index is 5.13. The quantitative estimate of drug-likeness (QED) is 0.179. The summed E-state index contributed by atoms with van der Waals surface area (Å²) >= 11 is 0. The minimum absolute atomic E-state index is 0.538. The third-order valence-corrected chi connectivity index (χ3v) is 11.9. The first-order valence-electron chi connectivity index (χ1n) is 13.9. The van der Waals surface area contributed by atoms with E-state index in [-0.39, 0.29) is 0 Å². The minimum Gasteiger partial charge on any atom is -0.379 e. The molecule has 0 aliphatic heterocycles. The molecule has 0 aliphatic carbocycles. The molecule has 41 heavy (non-hydrogen) atoms. The van der Waals surface area contributed by atoms with Gasteiger partial charge in [0, 0.05) is 22.8 Å². The highest BCUT2D eigenvalue weighted by Crippen LogP contribution is 2.38. The van der Waals surface area contributed by atoms with Crippen LogP contribution >= 0.6 is 15.8 Å². The van der Waals surface area contributed by atoms with Crippen LogP contribution in [-0.2, 0) is 12.7 Å². The Hall–Kier alpha value is -4.09. The third-order valence-electron chi connectivity index (χ3n) is 6.95. The molecule has 0 bridgehead atoms. The maximum Gasteiger partial charge on any atom is 0.0598 e. The van der Waals surface area contributed by atoms with Gasteiger partial charge in [-0.3, -0.25) is 4.98 Å². The fraction of sp³-hybridized carbons (Fsp3) is 0.0541. The van der Waals surface area contributed by atoms with Crippen molar-refractivity contribution in [2.45, 2.75) is 12.7 Å². The zero-order chi connectivity index (χ0) is 27.7. The number of pyridine rings is 1. The summed E-state index contributed by atoms with van der Waals surface area (Å²) < 4.78 is 0. The summed E-state index contributed by atoms with van der Waals surface area (Å²) in [6.07, 6.45) is 0.918. The number of para-hydroxylation sites is 1.